The summed E-state index contributed by atoms with van der Waals surface area (Å²) in [4.78, 5) is 4.69. The molecule has 1 aliphatic heterocycles. The molecule has 0 amide bonds. The number of nitrogens with zero attached hydrogens (tertiary/aromatic N) is 4. The van der Waals surface area contributed by atoms with Gasteiger partial charge in [0.15, 0.2) is 0 Å². The van der Waals surface area contributed by atoms with Crippen LogP contribution in [0.15, 0.2) is 34.7 Å². The Morgan fingerprint density at radius 2 is 1.73 bits per heavy atom. The van der Waals surface area contributed by atoms with Crippen LogP contribution < -0.4 is 0 Å². The SMILES string of the molecule is CC(C)Cc1nnc(C(C)N2CCN(CC(O)c3ccccc3)CC2)o1. The number of piperazine rings is 1. The molecule has 142 valence electrons. The Morgan fingerprint density at radius 3 is 2.38 bits per heavy atom. The highest BCUT2D eigenvalue weighted by Crippen LogP contribution is 2.22. The maximum absolute atomic E-state index is 10.4. The topological polar surface area (TPSA) is 65.6 Å². The first kappa shape index (κ1) is 19.0. The van der Waals surface area contributed by atoms with Crippen LogP contribution in [0.4, 0.5) is 0 Å². The summed E-state index contributed by atoms with van der Waals surface area (Å²) in [5.74, 6) is 1.95. The number of rotatable bonds is 7. The Balaban J connectivity index is 1.49. The lowest BCUT2D eigenvalue weighted by Crippen LogP contribution is -2.48. The van der Waals surface area contributed by atoms with E-state index in [1.54, 1.807) is 0 Å². The van der Waals surface area contributed by atoms with Gasteiger partial charge in [0, 0.05) is 39.1 Å². The molecule has 6 nitrogen and oxygen atoms in total. The molecule has 1 aromatic carbocycles. The molecule has 1 aromatic heterocycles. The minimum atomic E-state index is -0.435. The van der Waals surface area contributed by atoms with Gasteiger partial charge >= 0.3 is 0 Å². The van der Waals surface area contributed by atoms with Crippen LogP contribution >= 0.6 is 0 Å². The van der Waals surface area contributed by atoms with Crippen molar-refractivity contribution in [1.29, 1.82) is 0 Å². The summed E-state index contributed by atoms with van der Waals surface area (Å²) in [6, 6.07) is 10.00. The molecule has 0 bridgehead atoms. The summed E-state index contributed by atoms with van der Waals surface area (Å²) in [5.41, 5.74) is 0.979. The largest absolute Gasteiger partial charge is 0.424 e. The molecule has 1 N–H and O–H groups in total. The first-order valence-corrected chi connectivity index (χ1v) is 9.54. The number of hydrogen-bond donors (Lipinski definition) is 1. The van der Waals surface area contributed by atoms with Crippen LogP contribution in [-0.4, -0.2) is 57.8 Å². The summed E-state index contributed by atoms with van der Waals surface area (Å²) >= 11 is 0. The van der Waals surface area contributed by atoms with Gasteiger partial charge < -0.3 is 9.52 Å². The van der Waals surface area contributed by atoms with Crippen LogP contribution in [0.3, 0.4) is 0 Å². The maximum atomic E-state index is 10.4. The number of aliphatic hydroxyl groups excluding tert-OH is 1. The fourth-order valence-electron chi connectivity index (χ4n) is 3.38. The van der Waals surface area contributed by atoms with Gasteiger partial charge in [-0.1, -0.05) is 44.2 Å². The van der Waals surface area contributed by atoms with Gasteiger partial charge in [-0.2, -0.15) is 0 Å². The van der Waals surface area contributed by atoms with Crippen molar-refractivity contribution in [1.82, 2.24) is 20.0 Å². The second kappa shape index (κ2) is 8.75. The van der Waals surface area contributed by atoms with E-state index >= 15 is 0 Å². The second-order valence-corrected chi connectivity index (χ2v) is 7.57. The molecule has 1 aliphatic rings. The third kappa shape index (κ3) is 4.90. The quantitative estimate of drug-likeness (QED) is 0.821. The summed E-state index contributed by atoms with van der Waals surface area (Å²) in [6.45, 7) is 10.8. The molecular formula is C20H30N4O2. The monoisotopic (exact) mass is 358 g/mol. The second-order valence-electron chi connectivity index (χ2n) is 7.57. The van der Waals surface area contributed by atoms with E-state index in [-0.39, 0.29) is 6.04 Å². The number of hydrogen-bond acceptors (Lipinski definition) is 6. The van der Waals surface area contributed by atoms with Gasteiger partial charge in [-0.25, -0.2) is 0 Å². The van der Waals surface area contributed by atoms with Gasteiger partial charge in [0.25, 0.3) is 0 Å². The smallest absolute Gasteiger partial charge is 0.233 e. The van der Waals surface area contributed by atoms with Gasteiger partial charge in [0.1, 0.15) is 0 Å². The number of β-amino-alcohol motifs (C(OH)–C–C–N with tert-alkyl or cyclic N) is 1. The number of aromatic nitrogens is 2. The van der Waals surface area contributed by atoms with Crippen LogP contribution in [0.25, 0.3) is 0 Å². The molecule has 0 radical (unpaired) electrons. The minimum Gasteiger partial charge on any atom is -0.424 e. The number of benzene rings is 1. The zero-order chi connectivity index (χ0) is 18.5. The van der Waals surface area contributed by atoms with E-state index in [2.05, 4.69) is 40.8 Å². The standard InChI is InChI=1S/C20H30N4O2/c1-15(2)13-19-21-22-20(26-19)16(3)24-11-9-23(10-12-24)14-18(25)17-7-5-4-6-8-17/h4-8,15-16,18,25H,9-14H2,1-3H3. The maximum Gasteiger partial charge on any atom is 0.233 e. The van der Waals surface area contributed by atoms with Crippen LogP contribution in [0.1, 0.15) is 50.3 Å². The van der Waals surface area contributed by atoms with E-state index in [1.165, 1.54) is 0 Å². The lowest BCUT2D eigenvalue weighted by molar-refractivity contribution is 0.0535. The third-order valence-electron chi connectivity index (χ3n) is 4.99. The lowest BCUT2D eigenvalue weighted by atomic mass is 10.1. The van der Waals surface area contributed by atoms with Crippen LogP contribution in [0, 0.1) is 5.92 Å². The zero-order valence-electron chi connectivity index (χ0n) is 16.0. The van der Waals surface area contributed by atoms with E-state index < -0.39 is 6.10 Å². The Labute approximate surface area is 155 Å². The first-order valence-electron chi connectivity index (χ1n) is 9.54. The zero-order valence-corrected chi connectivity index (χ0v) is 16.0. The van der Waals surface area contributed by atoms with Crippen molar-refractivity contribution < 1.29 is 9.52 Å². The fourth-order valence-corrected chi connectivity index (χ4v) is 3.38. The van der Waals surface area contributed by atoms with Gasteiger partial charge in [-0.05, 0) is 18.4 Å². The molecule has 2 aromatic rings. The van der Waals surface area contributed by atoms with E-state index in [9.17, 15) is 5.11 Å². The fraction of sp³-hybridized carbons (Fsp3) is 0.600. The van der Waals surface area contributed by atoms with E-state index in [0.29, 0.717) is 18.4 Å². The van der Waals surface area contributed by atoms with Crippen molar-refractivity contribution in [2.24, 2.45) is 5.92 Å². The molecule has 2 atom stereocenters. The highest BCUT2D eigenvalue weighted by molar-refractivity contribution is 5.17. The predicted octanol–water partition coefficient (Wildman–Crippen LogP) is 2.68. The molecule has 2 heterocycles. The summed E-state index contributed by atoms with van der Waals surface area (Å²) in [6.07, 6.45) is 0.389. The molecule has 2 unspecified atom stereocenters. The van der Waals surface area contributed by atoms with Crippen molar-refractivity contribution in [3.8, 4) is 0 Å². The third-order valence-corrected chi connectivity index (χ3v) is 4.99. The summed E-state index contributed by atoms with van der Waals surface area (Å²) in [5, 5.41) is 18.8. The van der Waals surface area contributed by atoms with E-state index in [1.807, 2.05) is 30.3 Å². The Bertz CT molecular complexity index is 665. The molecule has 0 aliphatic carbocycles. The molecule has 0 spiro atoms. The van der Waals surface area contributed by atoms with Gasteiger partial charge in [-0.3, -0.25) is 9.80 Å². The number of aliphatic hydroxyl groups is 1. The minimum absolute atomic E-state index is 0.129. The van der Waals surface area contributed by atoms with Gasteiger partial charge in [-0.15, -0.1) is 10.2 Å². The van der Waals surface area contributed by atoms with Gasteiger partial charge in [0.05, 0.1) is 12.1 Å². The molecule has 26 heavy (non-hydrogen) atoms. The first-order chi connectivity index (χ1) is 12.5. The van der Waals surface area contributed by atoms with Crippen molar-refractivity contribution in [2.75, 3.05) is 32.7 Å². The van der Waals surface area contributed by atoms with Crippen LogP contribution in [0.2, 0.25) is 0 Å². The Hall–Kier alpha value is -1.76. The molecular weight excluding hydrogens is 328 g/mol. The molecule has 0 saturated carbocycles. The van der Waals surface area contributed by atoms with E-state index in [4.69, 9.17) is 4.42 Å². The molecule has 1 fully saturated rings. The predicted molar refractivity (Wildman–Crippen MR) is 101 cm³/mol. The van der Waals surface area contributed by atoms with Crippen molar-refractivity contribution in [3.05, 3.63) is 47.7 Å². The summed E-state index contributed by atoms with van der Waals surface area (Å²) in [7, 11) is 0. The molecule has 1 saturated heterocycles. The molecule has 6 heteroatoms. The normalized spacial score (nSPS) is 19.0. The van der Waals surface area contributed by atoms with Crippen LogP contribution in [-0.2, 0) is 6.42 Å². The Morgan fingerprint density at radius 1 is 1.04 bits per heavy atom. The van der Waals surface area contributed by atoms with Crippen molar-refractivity contribution in [2.45, 2.75) is 39.3 Å². The highest BCUT2D eigenvalue weighted by Gasteiger charge is 2.26. The van der Waals surface area contributed by atoms with Crippen LogP contribution in [0.5, 0.6) is 0 Å². The van der Waals surface area contributed by atoms with Gasteiger partial charge in [0.2, 0.25) is 11.8 Å². The molecule has 3 rings (SSSR count). The highest BCUT2D eigenvalue weighted by atomic mass is 16.4. The Kier molecular flexibility index (Phi) is 6.40. The average Bonchev–Trinajstić information content (AvgIpc) is 3.10. The summed E-state index contributed by atoms with van der Waals surface area (Å²) < 4.78 is 5.84. The van der Waals surface area contributed by atoms with E-state index in [0.717, 1.165) is 44.1 Å². The average molecular weight is 358 g/mol. The van der Waals surface area contributed by atoms with Crippen molar-refractivity contribution >= 4 is 0 Å². The lowest BCUT2D eigenvalue weighted by Gasteiger charge is -2.37. The van der Waals surface area contributed by atoms with Crippen molar-refractivity contribution in [3.63, 3.8) is 0 Å².